The van der Waals surface area contributed by atoms with Crippen LogP contribution in [0.25, 0.3) is 16.7 Å². The zero-order valence-corrected chi connectivity index (χ0v) is 19.3. The number of hydrogen-bond acceptors (Lipinski definition) is 7. The van der Waals surface area contributed by atoms with E-state index in [9.17, 15) is 14.7 Å². The van der Waals surface area contributed by atoms with E-state index in [2.05, 4.69) is 14.9 Å². The van der Waals surface area contributed by atoms with E-state index in [1.807, 2.05) is 18.2 Å². The number of aromatic nitrogens is 2. The van der Waals surface area contributed by atoms with E-state index in [1.165, 1.54) is 10.7 Å². The van der Waals surface area contributed by atoms with Gasteiger partial charge in [0.1, 0.15) is 16.4 Å². The van der Waals surface area contributed by atoms with Crippen LogP contribution >= 0.6 is 11.6 Å². The Morgan fingerprint density at radius 3 is 2.53 bits per heavy atom. The summed E-state index contributed by atoms with van der Waals surface area (Å²) in [5.74, 6) is 0.0982. The third-order valence-corrected chi connectivity index (χ3v) is 6.58. The number of nitrogens with zero attached hydrogens (tertiary/aromatic N) is 4. The van der Waals surface area contributed by atoms with Crippen LogP contribution in [0.1, 0.15) is 11.1 Å². The third kappa shape index (κ3) is 4.06. The van der Waals surface area contributed by atoms with Crippen LogP contribution in [0.2, 0.25) is 5.02 Å². The Morgan fingerprint density at radius 1 is 1.06 bits per heavy atom. The molecule has 0 amide bonds. The Bertz CT molecular complexity index is 1470. The van der Waals surface area contributed by atoms with Crippen LogP contribution in [0.5, 0.6) is 5.75 Å². The second-order valence-corrected chi connectivity index (χ2v) is 8.71. The van der Waals surface area contributed by atoms with Crippen LogP contribution in [-0.4, -0.2) is 46.0 Å². The molecule has 0 bridgehead atoms. The molecule has 0 unspecified atom stereocenters. The first kappa shape index (κ1) is 22.2. The molecule has 2 aromatic heterocycles. The maximum Gasteiger partial charge on any atom is 0.336 e. The van der Waals surface area contributed by atoms with Gasteiger partial charge in [-0.15, -0.1) is 0 Å². The average molecular weight is 479 g/mol. The van der Waals surface area contributed by atoms with Gasteiger partial charge in [0.2, 0.25) is 0 Å². The predicted molar refractivity (Wildman–Crippen MR) is 131 cm³/mol. The summed E-state index contributed by atoms with van der Waals surface area (Å²) in [6.07, 6.45) is 1.64. The van der Waals surface area contributed by atoms with Crippen LogP contribution in [0.4, 0.5) is 5.69 Å². The highest BCUT2D eigenvalue weighted by molar-refractivity contribution is 6.33. The Balaban J connectivity index is 1.33. The number of para-hydroxylation sites is 1. The predicted octanol–water partition coefficient (Wildman–Crippen LogP) is 3.33. The van der Waals surface area contributed by atoms with Gasteiger partial charge in [-0.1, -0.05) is 29.8 Å². The van der Waals surface area contributed by atoms with Crippen molar-refractivity contribution in [2.75, 3.05) is 31.1 Å². The van der Waals surface area contributed by atoms with Gasteiger partial charge in [0.15, 0.2) is 0 Å². The average Bonchev–Trinajstić information content (AvgIpc) is 2.84. The monoisotopic (exact) mass is 478 g/mol. The minimum Gasteiger partial charge on any atom is -0.508 e. The van der Waals surface area contributed by atoms with Gasteiger partial charge in [-0.2, -0.15) is 9.78 Å². The van der Waals surface area contributed by atoms with Crippen molar-refractivity contribution < 1.29 is 9.52 Å². The van der Waals surface area contributed by atoms with E-state index < -0.39 is 5.63 Å². The van der Waals surface area contributed by atoms with Crippen molar-refractivity contribution in [1.82, 2.24) is 14.7 Å². The van der Waals surface area contributed by atoms with Crippen molar-refractivity contribution in [2.24, 2.45) is 0 Å². The fourth-order valence-electron chi connectivity index (χ4n) is 4.33. The molecule has 1 aliphatic rings. The molecule has 0 radical (unpaired) electrons. The number of phenolic OH excluding ortho intramolecular Hbond substituents is 1. The number of aromatic hydroxyl groups is 1. The lowest BCUT2D eigenvalue weighted by atomic mass is 10.1. The Morgan fingerprint density at radius 2 is 1.79 bits per heavy atom. The largest absolute Gasteiger partial charge is 0.508 e. The number of anilines is 1. The lowest BCUT2D eigenvalue weighted by Gasteiger charge is -2.36. The topological polar surface area (TPSA) is 91.8 Å². The summed E-state index contributed by atoms with van der Waals surface area (Å²) in [4.78, 5) is 29.2. The molecule has 1 N–H and O–H groups in total. The summed E-state index contributed by atoms with van der Waals surface area (Å²) >= 11 is 6.46. The molecular weight excluding hydrogens is 456 g/mol. The Hall–Kier alpha value is -3.62. The van der Waals surface area contributed by atoms with Crippen molar-refractivity contribution in [3.05, 3.63) is 91.7 Å². The van der Waals surface area contributed by atoms with Gasteiger partial charge in [-0.05, 0) is 36.8 Å². The zero-order valence-electron chi connectivity index (χ0n) is 18.6. The first-order valence-electron chi connectivity index (χ1n) is 11.0. The summed E-state index contributed by atoms with van der Waals surface area (Å²) in [5, 5.41) is 15.3. The van der Waals surface area contributed by atoms with Crippen LogP contribution in [0.15, 0.2) is 68.7 Å². The zero-order chi connectivity index (χ0) is 23.8. The summed E-state index contributed by atoms with van der Waals surface area (Å²) in [5.41, 5.74) is 2.31. The van der Waals surface area contributed by atoms with E-state index in [0.717, 1.165) is 24.0 Å². The molecule has 1 saturated heterocycles. The molecule has 3 heterocycles. The van der Waals surface area contributed by atoms with Crippen molar-refractivity contribution >= 4 is 28.3 Å². The number of halogens is 1. The minimum atomic E-state index is -0.438. The first-order chi connectivity index (χ1) is 16.4. The number of phenols is 1. The summed E-state index contributed by atoms with van der Waals surface area (Å²) < 4.78 is 6.65. The lowest BCUT2D eigenvalue weighted by Crippen LogP contribution is -2.46. The maximum atomic E-state index is 12.8. The smallest absolute Gasteiger partial charge is 0.336 e. The molecule has 0 saturated carbocycles. The summed E-state index contributed by atoms with van der Waals surface area (Å²) in [6.45, 7) is 5.06. The number of rotatable bonds is 4. The van der Waals surface area contributed by atoms with Crippen molar-refractivity contribution in [1.29, 1.82) is 0 Å². The van der Waals surface area contributed by atoms with Gasteiger partial charge in [-0.25, -0.2) is 4.79 Å². The van der Waals surface area contributed by atoms with E-state index in [-0.39, 0.29) is 16.3 Å². The van der Waals surface area contributed by atoms with Gasteiger partial charge in [0.05, 0.1) is 17.6 Å². The molecular formula is C25H23ClN4O4. The quantitative estimate of drug-likeness (QED) is 0.450. The maximum absolute atomic E-state index is 12.8. The van der Waals surface area contributed by atoms with E-state index in [0.29, 0.717) is 42.2 Å². The van der Waals surface area contributed by atoms with Crippen LogP contribution < -0.4 is 16.1 Å². The molecule has 5 rings (SSSR count). The molecule has 1 fully saturated rings. The third-order valence-electron chi connectivity index (χ3n) is 6.23. The van der Waals surface area contributed by atoms with Gasteiger partial charge in [0.25, 0.3) is 5.56 Å². The highest BCUT2D eigenvalue weighted by Crippen LogP contribution is 2.29. The van der Waals surface area contributed by atoms with Crippen molar-refractivity contribution in [3.63, 3.8) is 0 Å². The SMILES string of the molecule is Cc1c(O)ccc2c(CN3CCN(c4cnn(-c5ccccc5)c(=O)c4Cl)CC3)cc(=O)oc12. The van der Waals surface area contributed by atoms with Gasteiger partial charge in [0, 0.05) is 49.7 Å². The molecule has 174 valence electrons. The molecule has 9 heteroatoms. The fourth-order valence-corrected chi connectivity index (χ4v) is 4.58. The van der Waals surface area contributed by atoms with Crippen LogP contribution in [0.3, 0.4) is 0 Å². The highest BCUT2D eigenvalue weighted by Gasteiger charge is 2.22. The molecule has 4 aromatic rings. The van der Waals surface area contributed by atoms with Crippen molar-refractivity contribution in [2.45, 2.75) is 13.5 Å². The first-order valence-corrected chi connectivity index (χ1v) is 11.4. The molecule has 0 spiro atoms. The number of fused-ring (bicyclic) bond motifs is 1. The number of piperazine rings is 1. The summed E-state index contributed by atoms with van der Waals surface area (Å²) in [6, 6.07) is 14.1. The molecule has 0 atom stereocenters. The number of benzene rings is 2. The second kappa shape index (κ2) is 8.96. The van der Waals surface area contributed by atoms with E-state index in [4.69, 9.17) is 16.0 Å². The Labute approximate surface area is 200 Å². The number of aryl methyl sites for hydroxylation is 1. The van der Waals surface area contributed by atoms with Crippen molar-refractivity contribution in [3.8, 4) is 11.4 Å². The summed E-state index contributed by atoms with van der Waals surface area (Å²) in [7, 11) is 0. The van der Waals surface area contributed by atoms with Gasteiger partial charge in [-0.3, -0.25) is 9.69 Å². The highest BCUT2D eigenvalue weighted by atomic mass is 35.5. The standard InChI is InChI=1S/C25H23ClN4O4/c1-16-21(31)8-7-19-17(13-22(32)34-24(16)19)15-28-9-11-29(12-10-28)20-14-27-30(25(33)23(20)26)18-5-3-2-4-6-18/h2-8,13-14,31H,9-12,15H2,1H3. The van der Waals surface area contributed by atoms with E-state index >= 15 is 0 Å². The normalized spacial score (nSPS) is 14.6. The van der Waals surface area contributed by atoms with Gasteiger partial charge < -0.3 is 14.4 Å². The second-order valence-electron chi connectivity index (χ2n) is 8.34. The number of hydrogen-bond donors (Lipinski definition) is 1. The van der Waals surface area contributed by atoms with Gasteiger partial charge >= 0.3 is 5.63 Å². The molecule has 34 heavy (non-hydrogen) atoms. The van der Waals surface area contributed by atoms with Crippen LogP contribution in [0, 0.1) is 6.92 Å². The molecule has 2 aromatic carbocycles. The minimum absolute atomic E-state index is 0.0982. The van der Waals surface area contributed by atoms with E-state index in [1.54, 1.807) is 37.4 Å². The van der Waals surface area contributed by atoms with Crippen LogP contribution in [-0.2, 0) is 6.54 Å². The molecule has 8 nitrogen and oxygen atoms in total. The molecule has 0 aliphatic carbocycles. The fraction of sp³-hybridized carbons (Fsp3) is 0.240. The Kier molecular flexibility index (Phi) is 5.85. The molecule has 1 aliphatic heterocycles. The lowest BCUT2D eigenvalue weighted by molar-refractivity contribution is 0.250.